The van der Waals surface area contributed by atoms with Gasteiger partial charge >= 0.3 is 0 Å². The highest BCUT2D eigenvalue weighted by Gasteiger charge is 2.27. The fraction of sp³-hybridized carbons (Fsp3) is 1.00. The molecule has 96 valence electrons. The zero-order valence-electron chi connectivity index (χ0n) is 10.9. The lowest BCUT2D eigenvalue weighted by atomic mass is 9.81. The first kappa shape index (κ1) is 14.0. The summed E-state index contributed by atoms with van der Waals surface area (Å²) in [4.78, 5) is 0. The smallest absolute Gasteiger partial charge is 0.151 e. The van der Waals surface area contributed by atoms with Crippen LogP contribution in [0.4, 0.5) is 0 Å². The van der Waals surface area contributed by atoms with Gasteiger partial charge in [-0.25, -0.2) is 8.42 Å². The zero-order chi connectivity index (χ0) is 12.4. The summed E-state index contributed by atoms with van der Waals surface area (Å²) in [5.74, 6) is 1.29. The predicted octanol–water partition coefficient (Wildman–Crippen LogP) is 1.84. The Hall–Kier alpha value is -0.0900. The van der Waals surface area contributed by atoms with E-state index >= 15 is 0 Å². The van der Waals surface area contributed by atoms with Crippen molar-refractivity contribution < 1.29 is 8.42 Å². The quantitative estimate of drug-likeness (QED) is 0.824. The van der Waals surface area contributed by atoms with E-state index in [4.69, 9.17) is 0 Å². The SMILES string of the molecule is CC(C)C(C)(C)CNC1CCCS(=O)(=O)C1. The van der Waals surface area contributed by atoms with Gasteiger partial charge in [0.1, 0.15) is 0 Å². The van der Waals surface area contributed by atoms with Gasteiger partial charge in [-0.05, 0) is 24.2 Å². The van der Waals surface area contributed by atoms with E-state index in [2.05, 4.69) is 33.0 Å². The van der Waals surface area contributed by atoms with Crippen LogP contribution in [0.15, 0.2) is 0 Å². The lowest BCUT2D eigenvalue weighted by Crippen LogP contribution is -2.45. The number of rotatable bonds is 4. The third-order valence-corrected chi connectivity index (χ3v) is 5.69. The van der Waals surface area contributed by atoms with E-state index < -0.39 is 9.84 Å². The molecule has 1 saturated heterocycles. The molecule has 1 unspecified atom stereocenters. The molecule has 0 aliphatic carbocycles. The molecule has 1 atom stereocenters. The topological polar surface area (TPSA) is 46.2 Å². The van der Waals surface area contributed by atoms with Gasteiger partial charge in [-0.2, -0.15) is 0 Å². The normalized spacial score (nSPS) is 25.9. The second kappa shape index (κ2) is 5.05. The highest BCUT2D eigenvalue weighted by Crippen LogP contribution is 2.25. The van der Waals surface area contributed by atoms with E-state index in [1.54, 1.807) is 0 Å². The molecule has 0 saturated carbocycles. The first-order valence-corrected chi connectivity index (χ1v) is 7.99. The molecule has 1 rings (SSSR count). The maximum absolute atomic E-state index is 11.5. The van der Waals surface area contributed by atoms with Crippen LogP contribution in [0.1, 0.15) is 40.5 Å². The Labute approximate surface area is 99.9 Å². The molecule has 1 aliphatic heterocycles. The van der Waals surface area contributed by atoms with Crippen molar-refractivity contribution in [2.24, 2.45) is 11.3 Å². The number of sulfone groups is 1. The van der Waals surface area contributed by atoms with E-state index in [-0.39, 0.29) is 11.5 Å². The lowest BCUT2D eigenvalue weighted by molar-refractivity contribution is 0.228. The Balaban J connectivity index is 2.44. The molecular formula is C12H25NO2S. The summed E-state index contributed by atoms with van der Waals surface area (Å²) >= 11 is 0. The summed E-state index contributed by atoms with van der Waals surface area (Å²) in [5, 5.41) is 3.42. The van der Waals surface area contributed by atoms with Gasteiger partial charge in [-0.3, -0.25) is 0 Å². The van der Waals surface area contributed by atoms with Gasteiger partial charge in [-0.15, -0.1) is 0 Å². The van der Waals surface area contributed by atoms with Crippen LogP contribution in [0.25, 0.3) is 0 Å². The highest BCUT2D eigenvalue weighted by molar-refractivity contribution is 7.91. The van der Waals surface area contributed by atoms with E-state index in [9.17, 15) is 8.42 Å². The average molecular weight is 247 g/mol. The standard InChI is InChI=1S/C12H25NO2S/c1-10(2)12(3,4)9-13-11-6-5-7-16(14,15)8-11/h10-11,13H,5-9H2,1-4H3. The molecule has 0 aromatic rings. The van der Waals surface area contributed by atoms with Crippen molar-refractivity contribution in [3.8, 4) is 0 Å². The minimum absolute atomic E-state index is 0.164. The number of hydrogen-bond donors (Lipinski definition) is 1. The predicted molar refractivity (Wildman–Crippen MR) is 68.3 cm³/mol. The first-order valence-electron chi connectivity index (χ1n) is 6.17. The number of hydrogen-bond acceptors (Lipinski definition) is 3. The van der Waals surface area contributed by atoms with Gasteiger partial charge in [-0.1, -0.05) is 27.7 Å². The van der Waals surface area contributed by atoms with Gasteiger partial charge in [0.15, 0.2) is 9.84 Å². The molecule has 3 nitrogen and oxygen atoms in total. The van der Waals surface area contributed by atoms with E-state index in [1.165, 1.54) is 0 Å². The molecule has 0 aromatic carbocycles. The van der Waals surface area contributed by atoms with E-state index in [1.807, 2.05) is 0 Å². The van der Waals surface area contributed by atoms with E-state index in [0.717, 1.165) is 19.4 Å². The molecule has 1 heterocycles. The second-order valence-electron chi connectivity index (χ2n) is 5.98. The monoisotopic (exact) mass is 247 g/mol. The maximum Gasteiger partial charge on any atom is 0.151 e. The summed E-state index contributed by atoms with van der Waals surface area (Å²) in [5.41, 5.74) is 0.223. The zero-order valence-corrected chi connectivity index (χ0v) is 11.7. The average Bonchev–Trinajstić information content (AvgIpc) is 2.13. The molecule has 4 heteroatoms. The summed E-state index contributed by atoms with van der Waals surface area (Å²) in [7, 11) is -2.78. The van der Waals surface area contributed by atoms with Crippen molar-refractivity contribution in [3.05, 3.63) is 0 Å². The van der Waals surface area contributed by atoms with Gasteiger partial charge in [0, 0.05) is 12.6 Å². The Kier molecular flexibility index (Phi) is 4.41. The third kappa shape index (κ3) is 4.06. The van der Waals surface area contributed by atoms with Gasteiger partial charge in [0.05, 0.1) is 11.5 Å². The van der Waals surface area contributed by atoms with Crippen LogP contribution in [-0.2, 0) is 9.84 Å². The molecule has 16 heavy (non-hydrogen) atoms. The van der Waals surface area contributed by atoms with E-state index in [0.29, 0.717) is 17.4 Å². The largest absolute Gasteiger partial charge is 0.312 e. The Morgan fingerprint density at radius 1 is 1.38 bits per heavy atom. The maximum atomic E-state index is 11.5. The lowest BCUT2D eigenvalue weighted by Gasteiger charge is -2.33. The van der Waals surface area contributed by atoms with Crippen molar-refractivity contribution in [2.75, 3.05) is 18.1 Å². The second-order valence-corrected chi connectivity index (χ2v) is 8.21. The molecule has 0 amide bonds. The van der Waals surface area contributed by atoms with Crippen molar-refractivity contribution in [3.63, 3.8) is 0 Å². The summed E-state index contributed by atoms with van der Waals surface area (Å²) in [6.45, 7) is 9.76. The molecule has 0 bridgehead atoms. The Morgan fingerprint density at radius 2 is 2.00 bits per heavy atom. The van der Waals surface area contributed by atoms with Crippen LogP contribution in [0.5, 0.6) is 0 Å². The fourth-order valence-electron chi connectivity index (χ4n) is 1.80. The van der Waals surface area contributed by atoms with Gasteiger partial charge in [0.25, 0.3) is 0 Å². The summed E-state index contributed by atoms with van der Waals surface area (Å²) < 4.78 is 23.0. The van der Waals surface area contributed by atoms with Crippen LogP contribution in [0.3, 0.4) is 0 Å². The van der Waals surface area contributed by atoms with Crippen molar-refractivity contribution >= 4 is 9.84 Å². The first-order chi connectivity index (χ1) is 7.23. The minimum Gasteiger partial charge on any atom is -0.312 e. The third-order valence-electron chi connectivity index (χ3n) is 3.87. The molecule has 0 spiro atoms. The van der Waals surface area contributed by atoms with Crippen molar-refractivity contribution in [1.29, 1.82) is 0 Å². The van der Waals surface area contributed by atoms with Crippen molar-refractivity contribution in [2.45, 2.75) is 46.6 Å². The van der Waals surface area contributed by atoms with Gasteiger partial charge < -0.3 is 5.32 Å². The van der Waals surface area contributed by atoms with Crippen molar-refractivity contribution in [1.82, 2.24) is 5.32 Å². The van der Waals surface area contributed by atoms with Crippen LogP contribution in [0, 0.1) is 11.3 Å². The van der Waals surface area contributed by atoms with Crippen LogP contribution < -0.4 is 5.32 Å². The summed E-state index contributed by atoms with van der Waals surface area (Å²) in [6, 6.07) is 0.164. The minimum atomic E-state index is -2.78. The number of nitrogens with one attached hydrogen (secondary N) is 1. The fourth-order valence-corrected chi connectivity index (χ4v) is 3.47. The van der Waals surface area contributed by atoms with Crippen LogP contribution in [-0.4, -0.2) is 32.5 Å². The Morgan fingerprint density at radius 3 is 2.50 bits per heavy atom. The molecule has 0 radical (unpaired) electrons. The molecule has 1 aliphatic rings. The highest BCUT2D eigenvalue weighted by atomic mass is 32.2. The van der Waals surface area contributed by atoms with Gasteiger partial charge in [0.2, 0.25) is 0 Å². The van der Waals surface area contributed by atoms with Crippen LogP contribution in [0.2, 0.25) is 0 Å². The molecular weight excluding hydrogens is 222 g/mol. The molecule has 1 N–H and O–H groups in total. The molecule has 1 fully saturated rings. The summed E-state index contributed by atoms with van der Waals surface area (Å²) in [6.07, 6.45) is 1.80. The molecule has 0 aromatic heterocycles. The van der Waals surface area contributed by atoms with Crippen LogP contribution >= 0.6 is 0 Å². The Bertz CT molecular complexity index is 320.